The van der Waals surface area contributed by atoms with Crippen molar-refractivity contribution in [2.75, 3.05) is 31.1 Å². The minimum Gasteiger partial charge on any atom is -0.340 e. The molecule has 7 nitrogen and oxygen atoms in total. The summed E-state index contributed by atoms with van der Waals surface area (Å²) in [5.74, 6) is 0.788. The molecule has 0 N–H and O–H groups in total. The number of hydrogen-bond donors (Lipinski definition) is 0. The van der Waals surface area contributed by atoms with Gasteiger partial charge in [-0.25, -0.2) is 15.0 Å². The molecule has 0 bridgehead atoms. The molecule has 0 saturated carbocycles. The molecular formula is C19H24N6O. The van der Waals surface area contributed by atoms with E-state index in [0.717, 1.165) is 63.4 Å². The molecule has 2 aromatic rings. The molecular weight excluding hydrogens is 328 g/mol. The molecule has 2 aliphatic heterocycles. The maximum atomic E-state index is 12.7. The third-order valence-corrected chi connectivity index (χ3v) is 5.55. The van der Waals surface area contributed by atoms with E-state index >= 15 is 0 Å². The lowest BCUT2D eigenvalue weighted by atomic mass is 9.79. The van der Waals surface area contributed by atoms with Gasteiger partial charge in [-0.15, -0.1) is 0 Å². The number of carbonyl (C=O) groups excluding carboxylic acids is 1. The highest BCUT2D eigenvalue weighted by Crippen LogP contribution is 2.40. The van der Waals surface area contributed by atoms with Gasteiger partial charge in [-0.05, 0) is 31.2 Å². The van der Waals surface area contributed by atoms with Gasteiger partial charge in [0.25, 0.3) is 5.91 Å². The largest absolute Gasteiger partial charge is 0.340 e. The van der Waals surface area contributed by atoms with Gasteiger partial charge in [0.05, 0.1) is 6.20 Å². The van der Waals surface area contributed by atoms with Crippen molar-refractivity contribution < 1.29 is 4.79 Å². The Balaban J connectivity index is 1.46. The summed E-state index contributed by atoms with van der Waals surface area (Å²) in [7, 11) is 0. The molecule has 26 heavy (non-hydrogen) atoms. The fraction of sp³-hybridized carbons (Fsp3) is 0.526. The van der Waals surface area contributed by atoms with E-state index in [1.54, 1.807) is 18.6 Å². The SMILES string of the molecule is CCc1cnc(N2CCC3(CCCN(C(=O)c4cnccn4)C3)C2)nc1. The van der Waals surface area contributed by atoms with Crippen LogP contribution in [0.2, 0.25) is 0 Å². The molecule has 1 amide bonds. The van der Waals surface area contributed by atoms with E-state index in [9.17, 15) is 4.79 Å². The van der Waals surface area contributed by atoms with Gasteiger partial charge in [-0.2, -0.15) is 0 Å². The number of nitrogens with zero attached hydrogens (tertiary/aromatic N) is 6. The summed E-state index contributed by atoms with van der Waals surface area (Å²) >= 11 is 0. The molecule has 4 rings (SSSR count). The highest BCUT2D eigenvalue weighted by Gasteiger charge is 2.43. The molecule has 0 aromatic carbocycles. The molecule has 136 valence electrons. The number of anilines is 1. The zero-order chi connectivity index (χ0) is 18.0. The highest BCUT2D eigenvalue weighted by molar-refractivity contribution is 5.92. The van der Waals surface area contributed by atoms with Crippen molar-refractivity contribution in [2.24, 2.45) is 5.41 Å². The average Bonchev–Trinajstić information content (AvgIpc) is 3.11. The zero-order valence-corrected chi connectivity index (χ0v) is 15.1. The third-order valence-electron chi connectivity index (χ3n) is 5.55. The number of piperidine rings is 1. The summed E-state index contributed by atoms with van der Waals surface area (Å²) in [6.45, 7) is 5.51. The first-order chi connectivity index (χ1) is 12.7. The maximum absolute atomic E-state index is 12.7. The smallest absolute Gasteiger partial charge is 0.274 e. The fourth-order valence-electron chi connectivity index (χ4n) is 4.09. The van der Waals surface area contributed by atoms with Crippen molar-refractivity contribution in [3.63, 3.8) is 0 Å². The molecule has 2 aliphatic rings. The number of carbonyl (C=O) groups is 1. The van der Waals surface area contributed by atoms with Crippen molar-refractivity contribution in [3.05, 3.63) is 42.2 Å². The van der Waals surface area contributed by atoms with Crippen molar-refractivity contribution in [1.82, 2.24) is 24.8 Å². The lowest BCUT2D eigenvalue weighted by Gasteiger charge is -2.40. The van der Waals surface area contributed by atoms with Crippen LogP contribution >= 0.6 is 0 Å². The van der Waals surface area contributed by atoms with Crippen LogP contribution in [0.15, 0.2) is 31.0 Å². The lowest BCUT2D eigenvalue weighted by Crippen LogP contribution is -2.47. The predicted molar refractivity (Wildman–Crippen MR) is 97.8 cm³/mol. The van der Waals surface area contributed by atoms with E-state index in [-0.39, 0.29) is 11.3 Å². The van der Waals surface area contributed by atoms with Crippen LogP contribution in [0.4, 0.5) is 5.95 Å². The second-order valence-corrected chi connectivity index (χ2v) is 7.34. The number of amides is 1. The van der Waals surface area contributed by atoms with Gasteiger partial charge in [0.15, 0.2) is 0 Å². The van der Waals surface area contributed by atoms with Crippen molar-refractivity contribution in [1.29, 1.82) is 0 Å². The molecule has 2 fully saturated rings. The number of hydrogen-bond acceptors (Lipinski definition) is 6. The second kappa shape index (κ2) is 6.97. The molecule has 7 heteroatoms. The molecule has 1 spiro atoms. The topological polar surface area (TPSA) is 75.1 Å². The predicted octanol–water partition coefficient (Wildman–Crippen LogP) is 1.96. The van der Waals surface area contributed by atoms with E-state index in [4.69, 9.17) is 0 Å². The van der Waals surface area contributed by atoms with Crippen LogP contribution in [0.3, 0.4) is 0 Å². The van der Waals surface area contributed by atoms with Crippen LogP contribution < -0.4 is 4.90 Å². The van der Waals surface area contributed by atoms with Gasteiger partial charge >= 0.3 is 0 Å². The van der Waals surface area contributed by atoms with E-state index in [1.807, 2.05) is 17.3 Å². The first-order valence-corrected chi connectivity index (χ1v) is 9.30. The van der Waals surface area contributed by atoms with E-state index in [2.05, 4.69) is 31.8 Å². The van der Waals surface area contributed by atoms with Crippen LogP contribution in [0.1, 0.15) is 42.2 Å². The number of rotatable bonds is 3. The summed E-state index contributed by atoms with van der Waals surface area (Å²) in [5, 5.41) is 0. The van der Waals surface area contributed by atoms with Gasteiger partial charge in [-0.3, -0.25) is 9.78 Å². The van der Waals surface area contributed by atoms with E-state index < -0.39 is 0 Å². The molecule has 2 aromatic heterocycles. The normalized spacial score (nSPS) is 22.8. The fourth-order valence-corrected chi connectivity index (χ4v) is 4.09. The van der Waals surface area contributed by atoms with Gasteiger partial charge in [0, 0.05) is 56.4 Å². The van der Waals surface area contributed by atoms with Crippen LogP contribution in [0, 0.1) is 5.41 Å². The van der Waals surface area contributed by atoms with E-state index in [0.29, 0.717) is 5.69 Å². The quantitative estimate of drug-likeness (QED) is 0.841. The standard InChI is InChI=1S/C19H24N6O/c1-2-15-10-22-18(23-11-15)25-9-5-19(14-25)4-3-8-24(13-19)17(26)16-12-20-6-7-21-16/h6-7,10-12H,2-5,8-9,13-14H2,1H3. The Kier molecular flexibility index (Phi) is 4.53. The monoisotopic (exact) mass is 352 g/mol. The van der Waals surface area contributed by atoms with Gasteiger partial charge in [0.1, 0.15) is 5.69 Å². The Morgan fingerprint density at radius 2 is 1.92 bits per heavy atom. The van der Waals surface area contributed by atoms with Gasteiger partial charge < -0.3 is 9.80 Å². The first-order valence-electron chi connectivity index (χ1n) is 9.30. The zero-order valence-electron chi connectivity index (χ0n) is 15.1. The Morgan fingerprint density at radius 1 is 1.08 bits per heavy atom. The first kappa shape index (κ1) is 16.9. The maximum Gasteiger partial charge on any atom is 0.274 e. The Bertz CT molecular complexity index is 765. The summed E-state index contributed by atoms with van der Waals surface area (Å²) in [6.07, 6.45) is 12.7. The number of aryl methyl sites for hydroxylation is 1. The average molecular weight is 352 g/mol. The minimum absolute atomic E-state index is 0.0147. The summed E-state index contributed by atoms with van der Waals surface area (Å²) in [4.78, 5) is 34.2. The lowest BCUT2D eigenvalue weighted by molar-refractivity contribution is 0.0550. The van der Waals surface area contributed by atoms with Crippen LogP contribution in [0.25, 0.3) is 0 Å². The summed E-state index contributed by atoms with van der Waals surface area (Å²) in [6, 6.07) is 0. The Hall–Kier alpha value is -2.57. The molecule has 1 atom stereocenters. The van der Waals surface area contributed by atoms with Crippen LogP contribution in [-0.4, -0.2) is 56.9 Å². The minimum atomic E-state index is -0.0147. The molecule has 0 radical (unpaired) electrons. The molecule has 1 unspecified atom stereocenters. The Labute approximate surface area is 153 Å². The van der Waals surface area contributed by atoms with Crippen molar-refractivity contribution >= 4 is 11.9 Å². The van der Waals surface area contributed by atoms with Crippen LogP contribution in [0.5, 0.6) is 0 Å². The summed E-state index contributed by atoms with van der Waals surface area (Å²) < 4.78 is 0. The second-order valence-electron chi connectivity index (χ2n) is 7.34. The molecule has 0 aliphatic carbocycles. The third kappa shape index (κ3) is 3.25. The molecule has 4 heterocycles. The number of aromatic nitrogens is 4. The highest BCUT2D eigenvalue weighted by atomic mass is 16.2. The van der Waals surface area contributed by atoms with Gasteiger partial charge in [-0.1, -0.05) is 6.92 Å². The van der Waals surface area contributed by atoms with Gasteiger partial charge in [0.2, 0.25) is 5.95 Å². The van der Waals surface area contributed by atoms with Crippen molar-refractivity contribution in [2.45, 2.75) is 32.6 Å². The van der Waals surface area contributed by atoms with Crippen molar-refractivity contribution in [3.8, 4) is 0 Å². The van der Waals surface area contributed by atoms with E-state index in [1.165, 1.54) is 0 Å². The number of likely N-dealkylation sites (tertiary alicyclic amines) is 1. The summed E-state index contributed by atoms with van der Waals surface area (Å²) in [5.41, 5.74) is 1.71. The molecule has 2 saturated heterocycles. The van der Waals surface area contributed by atoms with Crippen LogP contribution in [-0.2, 0) is 6.42 Å². The Morgan fingerprint density at radius 3 is 2.65 bits per heavy atom.